The van der Waals surface area contributed by atoms with Crippen LogP contribution in [0.25, 0.3) is 0 Å². The van der Waals surface area contributed by atoms with Gasteiger partial charge in [-0.25, -0.2) is 5.84 Å². The van der Waals surface area contributed by atoms with Gasteiger partial charge in [0, 0.05) is 11.6 Å². The quantitative estimate of drug-likeness (QED) is 0.326. The second-order valence-corrected chi connectivity index (χ2v) is 9.61. The first-order valence-corrected chi connectivity index (χ1v) is 11.1. The van der Waals surface area contributed by atoms with Crippen LogP contribution in [0.2, 0.25) is 10.0 Å². The summed E-state index contributed by atoms with van der Waals surface area (Å²) in [5, 5.41) is 6.75. The van der Waals surface area contributed by atoms with E-state index in [2.05, 4.69) is 5.10 Å². The van der Waals surface area contributed by atoms with E-state index in [1.54, 1.807) is 37.1 Å². The molecule has 0 fully saturated rings. The Morgan fingerprint density at radius 1 is 1.10 bits per heavy atom. The lowest BCUT2D eigenvalue weighted by Gasteiger charge is -2.26. The number of hydrogen-bond acceptors (Lipinski definition) is 5. The van der Waals surface area contributed by atoms with Gasteiger partial charge in [-0.1, -0.05) is 34.8 Å². The van der Waals surface area contributed by atoms with Crippen molar-refractivity contribution in [3.8, 4) is 0 Å². The Morgan fingerprint density at radius 2 is 1.71 bits per heavy atom. The maximum Gasteiger partial charge on any atom is 0.518 e. The highest BCUT2D eigenvalue weighted by molar-refractivity contribution is 7.93. The number of rotatable bonds is 6. The Hall–Kier alpha value is -2.01. The van der Waals surface area contributed by atoms with Gasteiger partial charge < -0.3 is 0 Å². The van der Waals surface area contributed by atoms with Crippen LogP contribution in [-0.2, 0) is 10.0 Å². The Morgan fingerprint density at radius 3 is 2.23 bits per heavy atom. The van der Waals surface area contributed by atoms with Crippen LogP contribution in [0.3, 0.4) is 0 Å². The molecule has 0 aliphatic heterocycles. The lowest BCUT2D eigenvalue weighted by molar-refractivity contribution is -0.0438. The van der Waals surface area contributed by atoms with Crippen LogP contribution >= 0.6 is 23.2 Å². The molecule has 31 heavy (non-hydrogen) atoms. The lowest BCUT2D eigenvalue weighted by Crippen LogP contribution is -2.46. The number of hydrazone groups is 1. The molecule has 0 aromatic heterocycles. The molecule has 0 radical (unpaired) electrons. The van der Waals surface area contributed by atoms with E-state index in [4.69, 9.17) is 29.0 Å². The molecule has 0 saturated carbocycles. The smallest absolute Gasteiger partial charge is 0.263 e. The number of sulfonamides is 1. The summed E-state index contributed by atoms with van der Waals surface area (Å²) in [7, 11) is -5.80. The van der Waals surface area contributed by atoms with Crippen molar-refractivity contribution >= 4 is 50.3 Å². The summed E-state index contributed by atoms with van der Waals surface area (Å²) in [5.74, 6) is 5.41. The normalized spacial score (nSPS) is 12.9. The number of anilines is 2. The number of alkyl halides is 3. The Labute approximate surface area is 189 Å². The van der Waals surface area contributed by atoms with Crippen molar-refractivity contribution < 1.29 is 21.6 Å². The van der Waals surface area contributed by atoms with E-state index >= 15 is 0 Å². The molecule has 0 bridgehead atoms. The van der Waals surface area contributed by atoms with Crippen molar-refractivity contribution in [3.63, 3.8) is 0 Å². The Balaban J connectivity index is 2.62. The molecule has 170 valence electrons. The maximum atomic E-state index is 13.0. The summed E-state index contributed by atoms with van der Waals surface area (Å²) >= 11 is 12.1. The third kappa shape index (κ3) is 5.43. The highest BCUT2D eigenvalue weighted by Crippen LogP contribution is 2.32. The van der Waals surface area contributed by atoms with E-state index in [-0.39, 0.29) is 27.4 Å². The minimum Gasteiger partial charge on any atom is -0.263 e. The Kier molecular flexibility index (Phi) is 7.52. The zero-order valence-corrected chi connectivity index (χ0v) is 19.4. The number of aryl methyl sites for hydroxylation is 1. The highest BCUT2D eigenvalue weighted by Gasteiger charge is 2.50. The van der Waals surface area contributed by atoms with Crippen LogP contribution in [0.15, 0.2) is 41.5 Å². The molecular formula is C19H21Cl2F3N4O2S. The predicted octanol–water partition coefficient (Wildman–Crippen LogP) is 5.47. The fourth-order valence-corrected chi connectivity index (χ4v) is 3.62. The van der Waals surface area contributed by atoms with Gasteiger partial charge >= 0.3 is 15.5 Å². The molecule has 12 heteroatoms. The number of hydrogen-bond donors (Lipinski definition) is 1. The van der Waals surface area contributed by atoms with Gasteiger partial charge in [0.05, 0.1) is 27.1 Å². The number of benzene rings is 2. The van der Waals surface area contributed by atoms with Gasteiger partial charge in [0.2, 0.25) is 0 Å². The first-order chi connectivity index (χ1) is 14.2. The molecule has 0 aliphatic carbocycles. The zero-order valence-electron chi connectivity index (χ0n) is 17.1. The van der Waals surface area contributed by atoms with Gasteiger partial charge in [-0.2, -0.15) is 31.1 Å². The number of nitrogens with two attached hydrogens (primary N) is 1. The molecule has 0 atom stereocenters. The summed E-state index contributed by atoms with van der Waals surface area (Å²) in [6, 6.07) is 8.87. The first-order valence-electron chi connectivity index (χ1n) is 8.93. The molecule has 0 heterocycles. The standard InChI is InChI=1S/C19H21Cl2F3N4O2S/c1-11(2)27(14-6-7-16(20)17(21)10-14)26-13(4)15-9-12(3)5-8-18(15)28(25)31(29,30)19(22,23)24/h5-11H,25H2,1-4H3/b26-13+. The van der Waals surface area contributed by atoms with Crippen molar-refractivity contribution in [2.45, 2.75) is 39.2 Å². The van der Waals surface area contributed by atoms with Crippen molar-refractivity contribution in [1.82, 2.24) is 0 Å². The fraction of sp³-hybridized carbons (Fsp3) is 0.316. The van der Waals surface area contributed by atoms with E-state index < -0.39 is 15.5 Å². The topological polar surface area (TPSA) is 79.0 Å². The molecule has 6 nitrogen and oxygen atoms in total. The highest BCUT2D eigenvalue weighted by atomic mass is 35.5. The van der Waals surface area contributed by atoms with E-state index in [1.807, 2.05) is 13.8 Å². The van der Waals surface area contributed by atoms with Crippen molar-refractivity contribution in [1.29, 1.82) is 0 Å². The van der Waals surface area contributed by atoms with E-state index in [0.717, 1.165) is 0 Å². The van der Waals surface area contributed by atoms with E-state index in [1.165, 1.54) is 18.2 Å². The molecule has 0 aliphatic rings. The van der Waals surface area contributed by atoms with Crippen LogP contribution in [-0.4, -0.2) is 25.7 Å². The molecular weight excluding hydrogens is 476 g/mol. The zero-order chi connectivity index (χ0) is 23.7. The van der Waals surface area contributed by atoms with Crippen LogP contribution in [0.4, 0.5) is 24.5 Å². The van der Waals surface area contributed by atoms with Gasteiger partial charge in [-0.3, -0.25) is 5.01 Å². The SMILES string of the molecule is C/C(=N\N(c1ccc(Cl)c(Cl)c1)C(C)C)c1cc(C)ccc1N(N)S(=O)(=O)C(F)(F)F. The average Bonchev–Trinajstić information content (AvgIpc) is 2.66. The van der Waals surface area contributed by atoms with Crippen LogP contribution in [0.1, 0.15) is 31.9 Å². The summed E-state index contributed by atoms with van der Waals surface area (Å²) in [6.45, 7) is 6.94. The van der Waals surface area contributed by atoms with Gasteiger partial charge in [-0.15, -0.1) is 0 Å². The van der Waals surface area contributed by atoms with Crippen molar-refractivity contribution in [2.75, 3.05) is 9.42 Å². The molecule has 2 rings (SSSR count). The first kappa shape index (κ1) is 25.3. The molecule has 2 N–H and O–H groups in total. The fourth-order valence-electron chi connectivity index (χ4n) is 2.69. The number of hydrazine groups is 1. The van der Waals surface area contributed by atoms with Crippen molar-refractivity contribution in [3.05, 3.63) is 57.6 Å². The minimum atomic E-state index is -5.80. The summed E-state index contributed by atoms with van der Waals surface area (Å²) < 4.78 is 62.4. The molecule has 2 aromatic rings. The third-order valence-electron chi connectivity index (χ3n) is 4.25. The van der Waals surface area contributed by atoms with Crippen molar-refractivity contribution in [2.24, 2.45) is 10.9 Å². The van der Waals surface area contributed by atoms with E-state index in [0.29, 0.717) is 21.3 Å². The third-order valence-corrected chi connectivity index (χ3v) is 6.28. The maximum absolute atomic E-state index is 13.0. The van der Waals surface area contributed by atoms with Crippen LogP contribution < -0.4 is 15.3 Å². The molecule has 0 amide bonds. The average molecular weight is 497 g/mol. The Bertz CT molecular complexity index is 1110. The van der Waals surface area contributed by atoms with Crippen LogP contribution in [0.5, 0.6) is 0 Å². The van der Waals surface area contributed by atoms with E-state index in [9.17, 15) is 21.6 Å². The number of nitrogens with zero attached hydrogens (tertiary/aromatic N) is 3. The predicted molar refractivity (Wildman–Crippen MR) is 119 cm³/mol. The largest absolute Gasteiger partial charge is 0.518 e. The number of halogens is 5. The molecule has 0 saturated heterocycles. The molecule has 0 spiro atoms. The van der Waals surface area contributed by atoms with Gasteiger partial charge in [-0.05, 0) is 58.0 Å². The minimum absolute atomic E-state index is 0.126. The van der Waals surface area contributed by atoms with Crippen LogP contribution in [0, 0.1) is 6.92 Å². The lowest BCUT2D eigenvalue weighted by atomic mass is 10.1. The monoisotopic (exact) mass is 496 g/mol. The summed E-state index contributed by atoms with van der Waals surface area (Å²) in [4.78, 5) is 0. The molecule has 0 unspecified atom stereocenters. The van der Waals surface area contributed by atoms with Gasteiger partial charge in [0.25, 0.3) is 0 Å². The molecule has 2 aromatic carbocycles. The second kappa shape index (κ2) is 9.23. The van der Waals surface area contributed by atoms with Gasteiger partial charge in [0.1, 0.15) is 0 Å². The van der Waals surface area contributed by atoms with Gasteiger partial charge in [0.15, 0.2) is 0 Å². The summed E-state index contributed by atoms with van der Waals surface area (Å²) in [5.41, 5.74) is -4.28. The second-order valence-electron chi connectivity index (χ2n) is 6.99. The summed E-state index contributed by atoms with van der Waals surface area (Å²) in [6.07, 6.45) is 0.